The Hall–Kier alpha value is -7.32. The van der Waals surface area contributed by atoms with Gasteiger partial charge in [-0.1, -0.05) is 6.07 Å². The number of nitrogens with one attached hydrogen (secondary N) is 3. The number of hydrogen-bond donors (Lipinski definition) is 5. The van der Waals surface area contributed by atoms with Gasteiger partial charge in [0.25, 0.3) is 11.8 Å². The van der Waals surface area contributed by atoms with Gasteiger partial charge in [0, 0.05) is 73.6 Å². The molecule has 0 bridgehead atoms. The predicted molar refractivity (Wildman–Crippen MR) is 269 cm³/mol. The van der Waals surface area contributed by atoms with E-state index in [4.69, 9.17) is 14.2 Å². The molecule has 5 heterocycles. The molecule has 3 fully saturated rings. The lowest BCUT2D eigenvalue weighted by Crippen LogP contribution is -2.49. The van der Waals surface area contributed by atoms with Gasteiger partial charge in [0.15, 0.2) is 0 Å². The molecule has 17 nitrogen and oxygen atoms in total. The van der Waals surface area contributed by atoms with Crippen LogP contribution in [-0.2, 0) is 15.1 Å². The molecular formula is C54H58F2N8O9. The summed E-state index contributed by atoms with van der Waals surface area (Å²) in [5.74, 6) is -1.61. The van der Waals surface area contributed by atoms with Gasteiger partial charge in [-0.25, -0.2) is 23.5 Å². The molecule has 73 heavy (non-hydrogen) atoms. The number of urea groups is 1. The van der Waals surface area contributed by atoms with Crippen LogP contribution < -0.4 is 25.0 Å². The lowest BCUT2D eigenvalue weighted by atomic mass is 9.96. The smallest absolute Gasteiger partial charge is 0.328 e. The molecule has 5 N–H and O–H groups in total. The van der Waals surface area contributed by atoms with Crippen LogP contribution in [0.25, 0.3) is 33.5 Å². The molecular weight excluding hydrogens is 943 g/mol. The summed E-state index contributed by atoms with van der Waals surface area (Å²) in [6.45, 7) is 7.84. The third kappa shape index (κ3) is 11.3. The summed E-state index contributed by atoms with van der Waals surface area (Å²) >= 11 is 0. The van der Waals surface area contributed by atoms with Crippen LogP contribution in [0.1, 0.15) is 77.8 Å². The van der Waals surface area contributed by atoms with Gasteiger partial charge in [0.1, 0.15) is 41.2 Å². The second-order valence-corrected chi connectivity index (χ2v) is 19.2. The predicted octanol–water partition coefficient (Wildman–Crippen LogP) is 7.34. The van der Waals surface area contributed by atoms with E-state index in [-0.39, 0.29) is 60.9 Å². The van der Waals surface area contributed by atoms with Crippen molar-refractivity contribution in [2.45, 2.75) is 76.8 Å². The first-order chi connectivity index (χ1) is 35.0. The van der Waals surface area contributed by atoms with Crippen molar-refractivity contribution in [2.75, 3.05) is 63.2 Å². The molecule has 4 aromatic carbocycles. The minimum absolute atomic E-state index is 0.00575. The van der Waals surface area contributed by atoms with E-state index in [1.54, 1.807) is 30.0 Å². The number of benzene rings is 4. The van der Waals surface area contributed by atoms with Gasteiger partial charge in [0.05, 0.1) is 48.5 Å². The van der Waals surface area contributed by atoms with Gasteiger partial charge in [-0.3, -0.25) is 24.6 Å². The van der Waals surface area contributed by atoms with Crippen molar-refractivity contribution >= 4 is 46.2 Å². The van der Waals surface area contributed by atoms with Crippen LogP contribution in [0.15, 0.2) is 85.2 Å². The number of aromatic amines is 1. The van der Waals surface area contributed by atoms with Crippen molar-refractivity contribution in [2.24, 2.45) is 0 Å². The molecule has 3 saturated heterocycles. The number of anilines is 2. The highest BCUT2D eigenvalue weighted by atomic mass is 19.1. The molecule has 2 aromatic heterocycles. The number of likely N-dealkylation sites (tertiary alicyclic amines) is 2. The summed E-state index contributed by atoms with van der Waals surface area (Å²) < 4.78 is 48.5. The Balaban J connectivity index is 0.760. The number of halogens is 2. The van der Waals surface area contributed by atoms with E-state index in [1.165, 1.54) is 56.4 Å². The lowest BCUT2D eigenvalue weighted by Gasteiger charge is -2.37. The Kier molecular flexibility index (Phi) is 14.8. The molecule has 1 atom stereocenters. The van der Waals surface area contributed by atoms with E-state index >= 15 is 8.78 Å². The molecule has 0 radical (unpaired) electrons. The van der Waals surface area contributed by atoms with Gasteiger partial charge in [-0.05, 0) is 136 Å². The zero-order valence-electron chi connectivity index (χ0n) is 41.0. The van der Waals surface area contributed by atoms with Crippen molar-refractivity contribution in [1.29, 1.82) is 0 Å². The number of rotatable bonds is 15. The molecule has 5 amide bonds. The van der Waals surface area contributed by atoms with Crippen LogP contribution in [0.5, 0.6) is 11.5 Å². The lowest BCUT2D eigenvalue weighted by molar-refractivity contribution is -0.120. The molecule has 6 aromatic rings. The van der Waals surface area contributed by atoms with Gasteiger partial charge >= 0.3 is 6.03 Å². The molecule has 3 aliphatic rings. The molecule has 3 aliphatic heterocycles. The molecule has 9 rings (SSSR count). The van der Waals surface area contributed by atoms with Gasteiger partial charge in [-0.15, -0.1) is 0 Å². The third-order valence-corrected chi connectivity index (χ3v) is 13.8. The average molecular weight is 1000 g/mol. The highest BCUT2D eigenvalue weighted by Gasteiger charge is 2.31. The van der Waals surface area contributed by atoms with E-state index in [1.807, 2.05) is 30.3 Å². The maximum atomic E-state index is 15.2. The first-order valence-electron chi connectivity index (χ1n) is 24.4. The number of carbonyl (C=O) groups excluding carboxylic acids is 4. The number of aromatic nitrogens is 3. The van der Waals surface area contributed by atoms with Crippen LogP contribution in [0, 0.1) is 18.6 Å². The first kappa shape index (κ1) is 50.6. The monoisotopic (exact) mass is 1000 g/mol. The highest BCUT2D eigenvalue weighted by Crippen LogP contribution is 2.36. The van der Waals surface area contributed by atoms with Crippen LogP contribution in [0.4, 0.5) is 25.0 Å². The fourth-order valence-electron chi connectivity index (χ4n) is 9.66. The van der Waals surface area contributed by atoms with Gasteiger partial charge < -0.3 is 44.5 Å². The fourth-order valence-corrected chi connectivity index (χ4v) is 9.66. The second-order valence-electron chi connectivity index (χ2n) is 19.2. The van der Waals surface area contributed by atoms with Crippen molar-refractivity contribution in [1.82, 2.24) is 30.1 Å². The topological polar surface area (TPSA) is 212 Å². The van der Waals surface area contributed by atoms with Gasteiger partial charge in [-0.2, -0.15) is 0 Å². The summed E-state index contributed by atoms with van der Waals surface area (Å²) in [5, 5.41) is 26.2. The number of aliphatic hydroxyl groups excluding tert-OH is 1. The number of methoxy groups -OCH3 is 1. The summed E-state index contributed by atoms with van der Waals surface area (Å²) in [5.41, 5.74) is 3.22. The summed E-state index contributed by atoms with van der Waals surface area (Å²) in [6.07, 6.45) is 3.80. The number of amides is 5. The Morgan fingerprint density at radius 2 is 1.64 bits per heavy atom. The number of piperidine rings is 2. The van der Waals surface area contributed by atoms with Crippen LogP contribution >= 0.6 is 0 Å². The number of hydrogen-bond acceptors (Lipinski definition) is 12. The van der Waals surface area contributed by atoms with E-state index in [2.05, 4.69) is 30.5 Å². The fraction of sp³-hybridized carbons (Fsp3) is 0.370. The van der Waals surface area contributed by atoms with Crippen molar-refractivity contribution in [3.63, 3.8) is 0 Å². The first-order valence-corrected chi connectivity index (χ1v) is 24.4. The number of carbonyl (C=O) groups is 4. The van der Waals surface area contributed by atoms with Crippen LogP contribution in [0.2, 0.25) is 0 Å². The number of H-pyrrole nitrogens is 1. The summed E-state index contributed by atoms with van der Waals surface area (Å²) in [4.78, 5) is 68.8. The SMILES string of the molecule is COc1ccc(C(=O)N2CCC(OC(CO)CN3CCC(Oc4ccc(-c5cc6c(-c7cc(F)cc(NC(=O)c8ccc(C(C)(C)O)cc8F)c7C)ncnc6[nH]5)cc4)CC3)CC2)cc1N1CCC(=O)NC1=O. The zero-order chi connectivity index (χ0) is 51.6. The number of imide groups is 1. The zero-order valence-corrected chi connectivity index (χ0v) is 41.0. The van der Waals surface area contributed by atoms with Crippen LogP contribution in [-0.4, -0.2) is 130 Å². The van der Waals surface area contributed by atoms with Crippen molar-refractivity contribution in [3.05, 3.63) is 119 Å². The summed E-state index contributed by atoms with van der Waals surface area (Å²) in [6, 6.07) is 20.3. The highest BCUT2D eigenvalue weighted by molar-refractivity contribution is 6.07. The minimum Gasteiger partial charge on any atom is -0.495 e. The third-order valence-electron chi connectivity index (χ3n) is 13.8. The van der Waals surface area contributed by atoms with E-state index in [9.17, 15) is 29.4 Å². The minimum atomic E-state index is -1.30. The maximum absolute atomic E-state index is 15.2. The molecule has 0 spiro atoms. The van der Waals surface area contributed by atoms with Gasteiger partial charge in [0.2, 0.25) is 5.91 Å². The number of fused-ring (bicyclic) bond motifs is 1. The Labute approximate surface area is 420 Å². The van der Waals surface area contributed by atoms with Crippen molar-refractivity contribution in [3.8, 4) is 34.0 Å². The van der Waals surface area contributed by atoms with E-state index in [0.29, 0.717) is 82.9 Å². The summed E-state index contributed by atoms with van der Waals surface area (Å²) in [7, 11) is 1.48. The molecule has 19 heteroatoms. The Morgan fingerprint density at radius 1 is 0.904 bits per heavy atom. The molecule has 1 unspecified atom stereocenters. The molecule has 382 valence electrons. The molecule has 0 saturated carbocycles. The second kappa shape index (κ2) is 21.4. The number of nitrogens with zero attached hydrogens (tertiary/aromatic N) is 5. The normalized spacial score (nSPS) is 16.7. The average Bonchev–Trinajstić information content (AvgIpc) is 3.82. The Bertz CT molecular complexity index is 3040. The number of ether oxygens (including phenoxy) is 3. The van der Waals surface area contributed by atoms with E-state index < -0.39 is 29.2 Å². The number of aliphatic hydroxyl groups is 2. The van der Waals surface area contributed by atoms with Crippen molar-refractivity contribution < 1.29 is 52.4 Å². The van der Waals surface area contributed by atoms with Crippen LogP contribution in [0.3, 0.4) is 0 Å². The quantitative estimate of drug-likeness (QED) is 0.0684. The van der Waals surface area contributed by atoms with E-state index in [0.717, 1.165) is 49.0 Å². The largest absolute Gasteiger partial charge is 0.495 e. The maximum Gasteiger partial charge on any atom is 0.328 e. The Morgan fingerprint density at radius 3 is 2.33 bits per heavy atom. The standard InChI is InChI=1S/C54H58F2N8O9/c1-31-41(25-35(55)26-44(31)60-51(67)40-11-8-34(24-43(40)56)54(2,3)70)49-42-27-45(59-50(42)58-30-57-49)32-5-9-36(10-6-32)72-37-13-18-62(19-14-37)28-39(29-65)73-38-15-20-63(21-16-38)52(68)33-7-12-47(71-4)46(23-33)64-22-17-48(66)61-53(64)69/h5-12,23-27,30,37-39,65,70H,13-22,28-29H2,1-4H3,(H,60,67)(H,57,58,59)(H,61,66,69). The molecule has 0 aliphatic carbocycles.